The van der Waals surface area contributed by atoms with Crippen molar-refractivity contribution in [1.82, 2.24) is 5.32 Å². The van der Waals surface area contributed by atoms with Crippen molar-refractivity contribution in [2.75, 3.05) is 0 Å². The highest BCUT2D eigenvalue weighted by Gasteiger charge is 2.39. The maximum atomic E-state index is 13.5. The van der Waals surface area contributed by atoms with Crippen LogP contribution >= 0.6 is 7.14 Å². The van der Waals surface area contributed by atoms with Gasteiger partial charge >= 0.3 is 0 Å². The molecule has 0 aromatic heterocycles. The molecule has 0 unspecified atom stereocenters. The Kier molecular flexibility index (Phi) is 2.61. The van der Waals surface area contributed by atoms with Crippen LogP contribution in [-0.4, -0.2) is 0 Å². The van der Waals surface area contributed by atoms with Gasteiger partial charge in [0, 0.05) is 16.3 Å². The molecule has 2 aromatic carbocycles. The molecule has 90 valence electrons. The van der Waals surface area contributed by atoms with Gasteiger partial charge < -0.3 is 9.88 Å². The number of benzene rings is 2. The molecule has 0 saturated heterocycles. The Bertz CT molecular complexity index is 603. The fourth-order valence-electron chi connectivity index (χ4n) is 2.14. The van der Waals surface area contributed by atoms with E-state index in [-0.39, 0.29) is 0 Å². The Morgan fingerprint density at radius 1 is 0.833 bits per heavy atom. The molecule has 3 rings (SSSR count). The first-order chi connectivity index (χ1) is 8.73. The van der Waals surface area contributed by atoms with Crippen LogP contribution in [0.3, 0.4) is 0 Å². The van der Waals surface area contributed by atoms with E-state index in [2.05, 4.69) is 5.32 Å². The maximum Gasteiger partial charge on any atom is 0.188 e. The Morgan fingerprint density at radius 3 is 1.56 bits per heavy atom. The zero-order valence-corrected chi connectivity index (χ0v) is 11.0. The molecule has 2 nitrogen and oxygen atoms in total. The van der Waals surface area contributed by atoms with Gasteiger partial charge in [0.2, 0.25) is 0 Å². The van der Waals surface area contributed by atoms with Crippen LogP contribution in [0, 0.1) is 0 Å². The zero-order chi connectivity index (χ0) is 12.6. The normalized spacial score (nSPS) is 14.3. The number of allylic oxidation sites excluding steroid dienone is 1. The summed E-state index contributed by atoms with van der Waals surface area (Å²) < 4.78 is 13.5. The van der Waals surface area contributed by atoms with E-state index in [1.54, 1.807) is 0 Å². The van der Waals surface area contributed by atoms with Crippen LogP contribution in [0.1, 0.15) is 6.92 Å². The molecule has 0 atom stereocenters. The first-order valence-electron chi connectivity index (χ1n) is 5.92. The second-order valence-corrected chi connectivity index (χ2v) is 7.08. The predicted molar refractivity (Wildman–Crippen MR) is 75.6 cm³/mol. The van der Waals surface area contributed by atoms with Crippen LogP contribution in [0.2, 0.25) is 0 Å². The van der Waals surface area contributed by atoms with Gasteiger partial charge in [-0.05, 0) is 6.92 Å². The molecule has 1 N–H and O–H groups in total. The van der Waals surface area contributed by atoms with Crippen molar-refractivity contribution < 1.29 is 4.57 Å². The SMILES string of the molecule is CC1=C(P(=O)(c2ccccc2)c2ccccc2)N1. The molecule has 0 aliphatic carbocycles. The first kappa shape index (κ1) is 11.3. The van der Waals surface area contributed by atoms with Crippen LogP contribution in [0.4, 0.5) is 0 Å². The van der Waals surface area contributed by atoms with Crippen LogP contribution in [0.15, 0.2) is 71.8 Å². The third-order valence-electron chi connectivity index (χ3n) is 3.15. The molecule has 18 heavy (non-hydrogen) atoms. The summed E-state index contributed by atoms with van der Waals surface area (Å²) in [6.07, 6.45) is 0. The third kappa shape index (κ3) is 1.70. The molecule has 0 bridgehead atoms. The molecule has 1 heterocycles. The van der Waals surface area contributed by atoms with Gasteiger partial charge in [-0.3, -0.25) is 0 Å². The van der Waals surface area contributed by atoms with Crippen molar-refractivity contribution in [3.8, 4) is 0 Å². The molecular formula is C15H14NOP. The van der Waals surface area contributed by atoms with Crippen LogP contribution < -0.4 is 15.9 Å². The summed E-state index contributed by atoms with van der Waals surface area (Å²) in [4.78, 5) is 0. The lowest BCUT2D eigenvalue weighted by molar-refractivity contribution is 0.591. The van der Waals surface area contributed by atoms with Crippen molar-refractivity contribution in [3.05, 3.63) is 71.8 Å². The van der Waals surface area contributed by atoms with Crippen molar-refractivity contribution in [3.63, 3.8) is 0 Å². The highest BCUT2D eigenvalue weighted by molar-refractivity contribution is 7.82. The summed E-state index contributed by atoms with van der Waals surface area (Å²) in [6.45, 7) is 1.97. The third-order valence-corrected chi connectivity index (χ3v) is 6.28. The van der Waals surface area contributed by atoms with Crippen molar-refractivity contribution in [1.29, 1.82) is 0 Å². The van der Waals surface area contributed by atoms with E-state index in [4.69, 9.17) is 0 Å². The Hall–Kier alpha value is -1.79. The summed E-state index contributed by atoms with van der Waals surface area (Å²) in [5.74, 6) is 0. The lowest BCUT2D eigenvalue weighted by Crippen LogP contribution is -2.16. The van der Waals surface area contributed by atoms with Gasteiger partial charge in [0.15, 0.2) is 7.14 Å². The molecule has 0 radical (unpaired) electrons. The Balaban J connectivity index is 2.21. The summed E-state index contributed by atoms with van der Waals surface area (Å²) in [5.41, 5.74) is 1.92. The van der Waals surface area contributed by atoms with Gasteiger partial charge in [0.1, 0.15) is 5.44 Å². The highest BCUT2D eigenvalue weighted by Crippen LogP contribution is 2.56. The smallest absolute Gasteiger partial charge is 0.188 e. The van der Waals surface area contributed by atoms with Gasteiger partial charge in [0.25, 0.3) is 0 Å². The summed E-state index contributed by atoms with van der Waals surface area (Å²) in [7, 11) is -2.67. The molecule has 0 spiro atoms. The van der Waals surface area contributed by atoms with Gasteiger partial charge in [-0.2, -0.15) is 0 Å². The number of hydrogen-bond donors (Lipinski definition) is 1. The summed E-state index contributed by atoms with van der Waals surface area (Å²) in [5, 5.41) is 4.91. The van der Waals surface area contributed by atoms with Crippen molar-refractivity contribution >= 4 is 17.8 Å². The molecule has 1 aliphatic rings. The highest BCUT2D eigenvalue weighted by atomic mass is 31.2. The quantitative estimate of drug-likeness (QED) is 0.856. The van der Waals surface area contributed by atoms with Gasteiger partial charge in [-0.1, -0.05) is 60.7 Å². The maximum absolute atomic E-state index is 13.5. The number of hydrogen-bond acceptors (Lipinski definition) is 2. The zero-order valence-electron chi connectivity index (χ0n) is 10.1. The number of rotatable bonds is 3. The molecule has 2 aromatic rings. The molecular weight excluding hydrogens is 241 g/mol. The Morgan fingerprint density at radius 2 is 1.22 bits per heavy atom. The average Bonchev–Trinajstić information content (AvgIpc) is 3.17. The topological polar surface area (TPSA) is 39.0 Å². The van der Waals surface area contributed by atoms with E-state index >= 15 is 0 Å². The summed E-state index contributed by atoms with van der Waals surface area (Å²) in [6, 6.07) is 19.4. The molecule has 0 amide bonds. The molecule has 0 saturated carbocycles. The van der Waals surface area contributed by atoms with Crippen LogP contribution in [-0.2, 0) is 4.57 Å². The van der Waals surface area contributed by atoms with Crippen LogP contribution in [0.25, 0.3) is 0 Å². The monoisotopic (exact) mass is 255 g/mol. The van der Waals surface area contributed by atoms with Crippen molar-refractivity contribution in [2.24, 2.45) is 0 Å². The van der Waals surface area contributed by atoms with E-state index in [0.717, 1.165) is 21.7 Å². The standard InChI is InChI=1S/C15H14NOP/c1-12-15(16-12)18(17,13-8-4-2-5-9-13)14-10-6-3-7-11-14/h2-11,16H,1H3. The minimum Gasteiger partial charge on any atom is -0.353 e. The van der Waals surface area contributed by atoms with E-state index in [1.807, 2.05) is 67.6 Å². The molecule has 0 fully saturated rings. The first-order valence-corrected chi connectivity index (χ1v) is 7.63. The Labute approximate surface area is 107 Å². The average molecular weight is 255 g/mol. The second-order valence-electron chi connectivity index (χ2n) is 4.38. The van der Waals surface area contributed by atoms with E-state index in [0.29, 0.717) is 0 Å². The fraction of sp³-hybridized carbons (Fsp3) is 0.0667. The molecule has 1 aliphatic heterocycles. The lowest BCUT2D eigenvalue weighted by Gasteiger charge is -2.15. The minimum atomic E-state index is -2.67. The summed E-state index contributed by atoms with van der Waals surface area (Å²) >= 11 is 0. The largest absolute Gasteiger partial charge is 0.353 e. The van der Waals surface area contributed by atoms with E-state index < -0.39 is 7.14 Å². The number of nitrogens with one attached hydrogen (secondary N) is 1. The van der Waals surface area contributed by atoms with Crippen molar-refractivity contribution in [2.45, 2.75) is 6.92 Å². The lowest BCUT2D eigenvalue weighted by atomic mass is 10.4. The van der Waals surface area contributed by atoms with E-state index in [1.165, 1.54) is 0 Å². The van der Waals surface area contributed by atoms with Gasteiger partial charge in [-0.25, -0.2) is 0 Å². The van der Waals surface area contributed by atoms with Gasteiger partial charge in [0.05, 0.1) is 0 Å². The fourth-order valence-corrected chi connectivity index (χ4v) is 4.94. The minimum absolute atomic E-state index is 0.885. The van der Waals surface area contributed by atoms with Crippen LogP contribution in [0.5, 0.6) is 0 Å². The second kappa shape index (κ2) is 4.15. The van der Waals surface area contributed by atoms with Gasteiger partial charge in [-0.15, -0.1) is 0 Å². The predicted octanol–water partition coefficient (Wildman–Crippen LogP) is 2.79. The van der Waals surface area contributed by atoms with E-state index in [9.17, 15) is 4.57 Å². The molecule has 3 heteroatoms.